The zero-order valence-corrected chi connectivity index (χ0v) is 13.5. The van der Waals surface area contributed by atoms with Crippen molar-refractivity contribution in [3.8, 4) is 6.07 Å². The molecule has 23 heavy (non-hydrogen) atoms. The first-order valence-corrected chi connectivity index (χ1v) is 7.31. The van der Waals surface area contributed by atoms with Crippen molar-refractivity contribution in [3.63, 3.8) is 0 Å². The van der Waals surface area contributed by atoms with Gasteiger partial charge < -0.3 is 15.7 Å². The summed E-state index contributed by atoms with van der Waals surface area (Å²) in [7, 11) is 0. The maximum atomic E-state index is 11.7. The fourth-order valence-corrected chi connectivity index (χ4v) is 2.25. The molecule has 0 aliphatic rings. The normalized spacial score (nSPS) is 11.3. The number of hydrogen-bond donors (Lipinski definition) is 3. The molecule has 0 fully saturated rings. The highest BCUT2D eigenvalue weighted by Gasteiger charge is 2.26. The third kappa shape index (κ3) is 3.52. The predicted octanol–water partition coefficient (Wildman–Crippen LogP) is 1.60. The molecule has 0 saturated carbocycles. The minimum atomic E-state index is -0.718. The van der Waals surface area contributed by atoms with Crippen LogP contribution < -0.4 is 21.5 Å². The number of benzene rings is 1. The molecule has 0 spiro atoms. The van der Waals surface area contributed by atoms with Crippen LogP contribution in [0.4, 0.5) is 11.4 Å². The van der Waals surface area contributed by atoms with Crippen LogP contribution in [-0.2, 0) is 6.54 Å². The molecular weight excluding hydrogens is 318 g/mol. The third-order valence-electron chi connectivity index (χ3n) is 3.41. The summed E-state index contributed by atoms with van der Waals surface area (Å²) in [6.45, 7) is 3.48. The van der Waals surface area contributed by atoms with Crippen LogP contribution in [0.15, 0.2) is 27.8 Å². The number of nitrogens with one attached hydrogen (secondary N) is 2. The van der Waals surface area contributed by atoms with Crippen LogP contribution >= 0.6 is 11.6 Å². The van der Waals surface area contributed by atoms with Gasteiger partial charge in [-0.2, -0.15) is 5.26 Å². The van der Waals surface area contributed by atoms with Crippen LogP contribution in [0.2, 0.25) is 5.02 Å². The van der Waals surface area contributed by atoms with Gasteiger partial charge in [0.1, 0.15) is 11.4 Å². The van der Waals surface area contributed by atoms with Crippen molar-refractivity contribution in [1.29, 1.82) is 5.26 Å². The standard InChI is InChI=1S/C16H16ClN3O3/c1-16(2,8-21)20-13-12(14(22)15(13)23)19-7-10-4-3-9(6-18)5-11(10)17/h3-5,19-21H,7-8H2,1-2H3. The molecule has 0 unspecified atom stereocenters. The summed E-state index contributed by atoms with van der Waals surface area (Å²) in [5.74, 6) is 0. The monoisotopic (exact) mass is 333 g/mol. The molecule has 0 saturated heterocycles. The van der Waals surface area contributed by atoms with Gasteiger partial charge in [0, 0.05) is 11.6 Å². The maximum absolute atomic E-state index is 11.7. The first-order chi connectivity index (χ1) is 10.8. The van der Waals surface area contributed by atoms with E-state index in [1.54, 1.807) is 26.0 Å². The van der Waals surface area contributed by atoms with Crippen LogP contribution in [0, 0.1) is 11.3 Å². The summed E-state index contributed by atoms with van der Waals surface area (Å²) in [5.41, 5.74) is -0.447. The topological polar surface area (TPSA) is 102 Å². The van der Waals surface area contributed by atoms with Crippen LogP contribution in [0.25, 0.3) is 0 Å². The molecule has 0 aliphatic heterocycles. The van der Waals surface area contributed by atoms with E-state index < -0.39 is 16.4 Å². The Kier molecular flexibility index (Phi) is 4.73. The van der Waals surface area contributed by atoms with Gasteiger partial charge in [0.2, 0.25) is 0 Å². The molecule has 0 aromatic heterocycles. The van der Waals surface area contributed by atoms with Crippen LogP contribution in [0.3, 0.4) is 0 Å². The number of nitriles is 1. The lowest BCUT2D eigenvalue weighted by Gasteiger charge is -2.27. The Hall–Kier alpha value is -2.36. The predicted molar refractivity (Wildman–Crippen MR) is 89.6 cm³/mol. The average molecular weight is 334 g/mol. The molecule has 0 aliphatic carbocycles. The molecule has 7 heteroatoms. The molecule has 2 aromatic carbocycles. The molecule has 2 rings (SSSR count). The van der Waals surface area contributed by atoms with Gasteiger partial charge in [-0.1, -0.05) is 17.7 Å². The Morgan fingerprint density at radius 3 is 2.48 bits per heavy atom. The number of anilines is 2. The Bertz CT molecular complexity index is 845. The van der Waals surface area contributed by atoms with Gasteiger partial charge in [-0.15, -0.1) is 0 Å². The number of halogens is 1. The number of aliphatic hydroxyl groups is 1. The fraction of sp³-hybridized carbons (Fsp3) is 0.312. The number of nitrogens with zero attached hydrogens (tertiary/aromatic N) is 1. The van der Waals surface area contributed by atoms with E-state index in [1.165, 1.54) is 6.07 Å². The zero-order valence-electron chi connectivity index (χ0n) is 12.7. The molecule has 0 bridgehead atoms. The summed E-state index contributed by atoms with van der Waals surface area (Å²) in [5, 5.41) is 24.2. The lowest BCUT2D eigenvalue weighted by atomic mass is 10.0. The molecule has 3 N–H and O–H groups in total. The highest BCUT2D eigenvalue weighted by Crippen LogP contribution is 2.22. The van der Waals surface area contributed by atoms with E-state index in [4.69, 9.17) is 16.9 Å². The van der Waals surface area contributed by atoms with E-state index in [0.717, 1.165) is 0 Å². The maximum Gasteiger partial charge on any atom is 0.253 e. The molecule has 0 amide bonds. The Balaban J connectivity index is 2.16. The highest BCUT2D eigenvalue weighted by atomic mass is 35.5. The summed E-state index contributed by atoms with van der Waals surface area (Å²) < 4.78 is 0. The number of rotatable bonds is 6. The van der Waals surface area contributed by atoms with Gasteiger partial charge in [-0.3, -0.25) is 9.59 Å². The van der Waals surface area contributed by atoms with Gasteiger partial charge >= 0.3 is 0 Å². The Labute approximate surface area is 138 Å². The lowest BCUT2D eigenvalue weighted by Crippen LogP contribution is -2.44. The molecule has 6 nitrogen and oxygen atoms in total. The summed E-state index contributed by atoms with van der Waals surface area (Å²) in [4.78, 5) is 23.4. The quantitative estimate of drug-likeness (QED) is 0.694. The van der Waals surface area contributed by atoms with Crippen molar-refractivity contribution in [3.05, 3.63) is 54.8 Å². The van der Waals surface area contributed by atoms with Gasteiger partial charge in [0.05, 0.1) is 23.8 Å². The third-order valence-corrected chi connectivity index (χ3v) is 3.76. The lowest BCUT2D eigenvalue weighted by molar-refractivity contribution is 0.234. The Morgan fingerprint density at radius 1 is 1.26 bits per heavy atom. The van der Waals surface area contributed by atoms with Crippen molar-refractivity contribution >= 4 is 23.0 Å². The van der Waals surface area contributed by atoms with Crippen molar-refractivity contribution < 1.29 is 5.11 Å². The van der Waals surface area contributed by atoms with E-state index >= 15 is 0 Å². The molecule has 2 aromatic rings. The number of hydrogen-bond acceptors (Lipinski definition) is 6. The first-order valence-electron chi connectivity index (χ1n) is 6.94. The second-order valence-electron chi connectivity index (χ2n) is 5.85. The SMILES string of the molecule is CC(C)(CO)Nc1c(NCc2ccc(C#N)cc2Cl)c(=O)c1=O. The van der Waals surface area contributed by atoms with Crippen LogP contribution in [-0.4, -0.2) is 17.3 Å². The molecular formula is C16H16ClN3O3. The van der Waals surface area contributed by atoms with Gasteiger partial charge in [-0.05, 0) is 31.5 Å². The second-order valence-corrected chi connectivity index (χ2v) is 6.25. The summed E-state index contributed by atoms with van der Waals surface area (Å²) >= 11 is 6.08. The van der Waals surface area contributed by atoms with E-state index in [1.807, 2.05) is 6.07 Å². The molecule has 0 radical (unpaired) electrons. The van der Waals surface area contributed by atoms with Crippen LogP contribution in [0.1, 0.15) is 25.0 Å². The Morgan fingerprint density at radius 2 is 1.91 bits per heavy atom. The number of aliphatic hydroxyl groups excluding tert-OH is 1. The van der Waals surface area contributed by atoms with Crippen molar-refractivity contribution in [2.45, 2.75) is 25.9 Å². The first kappa shape index (κ1) is 17.0. The minimum Gasteiger partial charge on any atom is -0.394 e. The minimum absolute atomic E-state index is 0.166. The largest absolute Gasteiger partial charge is 0.394 e. The smallest absolute Gasteiger partial charge is 0.253 e. The average Bonchev–Trinajstić information content (AvgIpc) is 2.54. The van der Waals surface area contributed by atoms with Crippen molar-refractivity contribution in [1.82, 2.24) is 0 Å². The molecule has 120 valence electrons. The van der Waals surface area contributed by atoms with E-state index in [2.05, 4.69) is 10.6 Å². The van der Waals surface area contributed by atoms with Crippen LogP contribution in [0.5, 0.6) is 0 Å². The van der Waals surface area contributed by atoms with E-state index in [9.17, 15) is 14.7 Å². The van der Waals surface area contributed by atoms with Gasteiger partial charge in [0.25, 0.3) is 10.9 Å². The fourth-order valence-electron chi connectivity index (χ4n) is 2.00. The zero-order chi connectivity index (χ0) is 17.2. The van der Waals surface area contributed by atoms with Crippen molar-refractivity contribution in [2.75, 3.05) is 17.2 Å². The molecule has 0 heterocycles. The van der Waals surface area contributed by atoms with E-state index in [0.29, 0.717) is 16.1 Å². The van der Waals surface area contributed by atoms with Gasteiger partial charge in [0.15, 0.2) is 0 Å². The van der Waals surface area contributed by atoms with Gasteiger partial charge in [-0.25, -0.2) is 0 Å². The highest BCUT2D eigenvalue weighted by molar-refractivity contribution is 6.31. The summed E-state index contributed by atoms with van der Waals surface area (Å²) in [6, 6.07) is 6.83. The van der Waals surface area contributed by atoms with E-state index in [-0.39, 0.29) is 24.5 Å². The summed E-state index contributed by atoms with van der Waals surface area (Å²) in [6.07, 6.45) is 0. The second kappa shape index (κ2) is 6.41. The van der Waals surface area contributed by atoms with Crippen molar-refractivity contribution in [2.24, 2.45) is 0 Å². The molecule has 0 atom stereocenters.